The van der Waals surface area contributed by atoms with Gasteiger partial charge in [0.05, 0.1) is 5.56 Å². The molecule has 2 N–H and O–H groups in total. The minimum Gasteiger partial charge on any atom is -0.376 e. The molecule has 1 amide bonds. The summed E-state index contributed by atoms with van der Waals surface area (Å²) in [6.07, 6.45) is 1.62. The number of aryl methyl sites for hydroxylation is 1. The van der Waals surface area contributed by atoms with Gasteiger partial charge >= 0.3 is 0 Å². The molecule has 1 aromatic rings. The van der Waals surface area contributed by atoms with Gasteiger partial charge in [-0.2, -0.15) is 0 Å². The van der Waals surface area contributed by atoms with Gasteiger partial charge in [0.25, 0.3) is 5.91 Å². The zero-order valence-electron chi connectivity index (χ0n) is 6.74. The van der Waals surface area contributed by atoms with Gasteiger partial charge < -0.3 is 10.4 Å². The molecule has 0 saturated carbocycles. The average molecular weight is 166 g/mol. The van der Waals surface area contributed by atoms with Crippen LogP contribution in [-0.2, 0) is 0 Å². The number of aromatic nitrogens is 1. The molecule has 0 aliphatic rings. The molecular weight excluding hydrogens is 156 g/mol. The van der Waals surface area contributed by atoms with Crippen LogP contribution in [0.25, 0.3) is 0 Å². The third kappa shape index (κ3) is 1.79. The van der Waals surface area contributed by atoms with E-state index < -0.39 is 0 Å². The largest absolute Gasteiger partial charge is 0.376 e. The highest BCUT2D eigenvalue weighted by Gasteiger charge is 2.06. The first kappa shape index (κ1) is 8.67. The van der Waals surface area contributed by atoms with E-state index in [-0.39, 0.29) is 12.6 Å². The fourth-order valence-corrected chi connectivity index (χ4v) is 0.891. The Morgan fingerprint density at radius 1 is 1.75 bits per heavy atom. The number of amides is 1. The number of hydrogen-bond donors (Lipinski definition) is 2. The Balaban J connectivity index is 2.87. The van der Waals surface area contributed by atoms with Crippen molar-refractivity contribution in [3.63, 3.8) is 0 Å². The lowest BCUT2D eigenvalue weighted by Gasteiger charge is -2.02. The first-order valence-electron chi connectivity index (χ1n) is 3.56. The minimum absolute atomic E-state index is 0.303. The van der Waals surface area contributed by atoms with Crippen LogP contribution >= 0.6 is 0 Å². The number of hydrogen-bond acceptors (Lipinski definition) is 3. The first-order valence-corrected chi connectivity index (χ1v) is 3.56. The van der Waals surface area contributed by atoms with Crippen LogP contribution in [0, 0.1) is 6.92 Å². The highest BCUT2D eigenvalue weighted by Crippen LogP contribution is 2.02. The second kappa shape index (κ2) is 3.82. The summed E-state index contributed by atoms with van der Waals surface area (Å²) in [5.74, 6) is -0.303. The van der Waals surface area contributed by atoms with Crippen LogP contribution in [0.4, 0.5) is 0 Å². The van der Waals surface area contributed by atoms with Gasteiger partial charge in [-0.05, 0) is 19.1 Å². The van der Waals surface area contributed by atoms with Crippen LogP contribution < -0.4 is 5.32 Å². The molecule has 0 aliphatic carbocycles. The second-order valence-corrected chi connectivity index (χ2v) is 2.30. The van der Waals surface area contributed by atoms with E-state index in [0.717, 1.165) is 0 Å². The van der Waals surface area contributed by atoms with Gasteiger partial charge in [0.1, 0.15) is 6.73 Å². The van der Waals surface area contributed by atoms with E-state index in [1.165, 1.54) is 0 Å². The molecule has 0 saturated heterocycles. The van der Waals surface area contributed by atoms with Crippen molar-refractivity contribution in [2.24, 2.45) is 0 Å². The lowest BCUT2D eigenvalue weighted by molar-refractivity contribution is 0.0909. The third-order valence-electron chi connectivity index (χ3n) is 1.49. The maximum Gasteiger partial charge on any atom is 0.254 e. The van der Waals surface area contributed by atoms with Gasteiger partial charge in [-0.15, -0.1) is 0 Å². The number of aliphatic hydroxyl groups excluding tert-OH is 1. The van der Waals surface area contributed by atoms with Crippen LogP contribution in [0.2, 0.25) is 0 Å². The van der Waals surface area contributed by atoms with Gasteiger partial charge in [-0.25, -0.2) is 0 Å². The molecule has 0 spiro atoms. The molecule has 64 valence electrons. The topological polar surface area (TPSA) is 62.2 Å². The van der Waals surface area contributed by atoms with Gasteiger partial charge in [0.15, 0.2) is 0 Å². The van der Waals surface area contributed by atoms with Crippen molar-refractivity contribution >= 4 is 5.91 Å². The monoisotopic (exact) mass is 166 g/mol. The Morgan fingerprint density at radius 3 is 3.08 bits per heavy atom. The Hall–Kier alpha value is -1.42. The summed E-state index contributed by atoms with van der Waals surface area (Å²) in [6.45, 7) is 1.39. The van der Waals surface area contributed by atoms with Gasteiger partial charge in [-0.1, -0.05) is 0 Å². The molecule has 4 heteroatoms. The molecule has 0 atom stereocenters. The van der Waals surface area contributed by atoms with Gasteiger partial charge in [0, 0.05) is 11.9 Å². The molecule has 4 nitrogen and oxygen atoms in total. The molecule has 1 aromatic heterocycles. The molecule has 12 heavy (non-hydrogen) atoms. The second-order valence-electron chi connectivity index (χ2n) is 2.30. The molecular formula is C8H10N2O2. The number of nitrogens with zero attached hydrogens (tertiary/aromatic N) is 1. The standard InChI is InChI=1S/C8H10N2O2/c1-6-7(3-2-4-9-6)8(12)10-5-11/h2-4,11H,5H2,1H3,(H,10,12). The smallest absolute Gasteiger partial charge is 0.254 e. The molecule has 0 bridgehead atoms. The number of rotatable bonds is 2. The van der Waals surface area contributed by atoms with Crippen LogP contribution in [0.3, 0.4) is 0 Å². The summed E-state index contributed by atoms with van der Waals surface area (Å²) in [7, 11) is 0. The molecule has 0 fully saturated rings. The fourth-order valence-electron chi connectivity index (χ4n) is 0.891. The Labute approximate surface area is 70.3 Å². The predicted octanol–water partition coefficient (Wildman–Crippen LogP) is 0.0696. The van der Waals surface area contributed by atoms with Crippen molar-refractivity contribution in [1.29, 1.82) is 0 Å². The molecule has 1 rings (SSSR count). The Morgan fingerprint density at radius 2 is 2.50 bits per heavy atom. The fraction of sp³-hybridized carbons (Fsp3) is 0.250. The maximum absolute atomic E-state index is 11.2. The summed E-state index contributed by atoms with van der Waals surface area (Å²) in [5, 5.41) is 10.7. The minimum atomic E-state index is -0.354. The van der Waals surface area contributed by atoms with Crippen molar-refractivity contribution in [3.8, 4) is 0 Å². The molecule has 0 aromatic carbocycles. The summed E-state index contributed by atoms with van der Waals surface area (Å²) in [4.78, 5) is 15.1. The van der Waals surface area contributed by atoms with E-state index in [2.05, 4.69) is 10.3 Å². The summed E-state index contributed by atoms with van der Waals surface area (Å²) in [6, 6.07) is 3.34. The number of carbonyl (C=O) groups is 1. The molecule has 0 radical (unpaired) electrons. The molecule has 0 unspecified atom stereocenters. The van der Waals surface area contributed by atoms with Crippen molar-refractivity contribution in [1.82, 2.24) is 10.3 Å². The van der Waals surface area contributed by atoms with Crippen molar-refractivity contribution < 1.29 is 9.90 Å². The van der Waals surface area contributed by atoms with E-state index >= 15 is 0 Å². The number of pyridine rings is 1. The highest BCUT2D eigenvalue weighted by atomic mass is 16.3. The summed E-state index contributed by atoms with van der Waals surface area (Å²) < 4.78 is 0. The third-order valence-corrected chi connectivity index (χ3v) is 1.49. The van der Waals surface area contributed by atoms with Crippen LogP contribution in [0.1, 0.15) is 16.1 Å². The SMILES string of the molecule is Cc1ncccc1C(=O)NCO. The summed E-state index contributed by atoms with van der Waals surface area (Å²) in [5.41, 5.74) is 1.15. The Bertz CT molecular complexity index is 286. The highest BCUT2D eigenvalue weighted by molar-refractivity contribution is 5.94. The predicted molar refractivity (Wildman–Crippen MR) is 43.5 cm³/mol. The van der Waals surface area contributed by atoms with E-state index in [9.17, 15) is 4.79 Å². The first-order chi connectivity index (χ1) is 5.75. The number of carbonyl (C=O) groups excluding carboxylic acids is 1. The van der Waals surface area contributed by atoms with E-state index in [1.807, 2.05) is 0 Å². The normalized spacial score (nSPS) is 9.50. The van der Waals surface area contributed by atoms with Crippen molar-refractivity contribution in [3.05, 3.63) is 29.6 Å². The van der Waals surface area contributed by atoms with Gasteiger partial charge in [0.2, 0.25) is 0 Å². The van der Waals surface area contributed by atoms with Crippen molar-refractivity contribution in [2.75, 3.05) is 6.73 Å². The zero-order chi connectivity index (χ0) is 8.97. The van der Waals surface area contributed by atoms with E-state index in [1.54, 1.807) is 25.3 Å². The van der Waals surface area contributed by atoms with Crippen LogP contribution in [0.5, 0.6) is 0 Å². The molecule has 1 heterocycles. The van der Waals surface area contributed by atoms with Gasteiger partial charge in [-0.3, -0.25) is 9.78 Å². The van der Waals surface area contributed by atoms with Crippen LogP contribution in [-0.4, -0.2) is 22.7 Å². The van der Waals surface area contributed by atoms with E-state index in [0.29, 0.717) is 11.3 Å². The number of aliphatic hydroxyl groups is 1. The number of nitrogens with one attached hydrogen (secondary N) is 1. The Kier molecular flexibility index (Phi) is 2.76. The average Bonchev–Trinajstić information content (AvgIpc) is 2.05. The zero-order valence-corrected chi connectivity index (χ0v) is 6.74. The van der Waals surface area contributed by atoms with Crippen LogP contribution in [0.15, 0.2) is 18.3 Å². The summed E-state index contributed by atoms with van der Waals surface area (Å²) >= 11 is 0. The quantitative estimate of drug-likeness (QED) is 0.611. The lowest BCUT2D eigenvalue weighted by atomic mass is 10.2. The van der Waals surface area contributed by atoms with Crippen molar-refractivity contribution in [2.45, 2.75) is 6.92 Å². The van der Waals surface area contributed by atoms with E-state index in [4.69, 9.17) is 5.11 Å². The maximum atomic E-state index is 11.2. The molecule has 0 aliphatic heterocycles. The lowest BCUT2D eigenvalue weighted by Crippen LogP contribution is -2.24.